The second-order valence-corrected chi connectivity index (χ2v) is 8.10. The molecule has 7 nitrogen and oxygen atoms in total. The van der Waals surface area contributed by atoms with Crippen LogP contribution in [0.4, 0.5) is 5.69 Å². The number of aliphatic hydroxyl groups is 1. The van der Waals surface area contributed by atoms with E-state index in [1.807, 2.05) is 24.3 Å². The fraction of sp³-hybridized carbons (Fsp3) is 0.259. The van der Waals surface area contributed by atoms with Gasteiger partial charge in [0.15, 0.2) is 5.60 Å². The third-order valence-electron chi connectivity index (χ3n) is 6.06. The Bertz CT molecular complexity index is 1100. The van der Waals surface area contributed by atoms with E-state index in [1.54, 1.807) is 62.8 Å². The van der Waals surface area contributed by atoms with Crippen LogP contribution in [0, 0.1) is 0 Å². The molecule has 34 heavy (non-hydrogen) atoms. The molecule has 176 valence electrons. The molecule has 4 rings (SSSR count). The monoisotopic (exact) mass is 459 g/mol. The summed E-state index contributed by atoms with van der Waals surface area (Å²) in [6, 6.07) is 21.4. The van der Waals surface area contributed by atoms with Gasteiger partial charge in [0.1, 0.15) is 11.5 Å². The van der Waals surface area contributed by atoms with Crippen molar-refractivity contribution in [3.05, 3.63) is 89.5 Å². The summed E-state index contributed by atoms with van der Waals surface area (Å²) in [5.41, 5.74) is 3.11. The van der Waals surface area contributed by atoms with Crippen LogP contribution >= 0.6 is 0 Å². The Hall–Kier alpha value is -3.84. The van der Waals surface area contributed by atoms with E-state index in [2.05, 4.69) is 15.4 Å². The van der Waals surface area contributed by atoms with Crippen molar-refractivity contribution in [1.29, 1.82) is 0 Å². The van der Waals surface area contributed by atoms with E-state index in [0.29, 0.717) is 28.2 Å². The quantitative estimate of drug-likeness (QED) is 0.397. The van der Waals surface area contributed by atoms with Crippen molar-refractivity contribution in [2.75, 3.05) is 32.2 Å². The number of anilines is 1. The average molecular weight is 460 g/mol. The van der Waals surface area contributed by atoms with Crippen molar-refractivity contribution in [1.82, 2.24) is 5.43 Å². The standard InChI is InChI=1S/C27H29N3O4/c1-33-24-18-23(30-15-9-10-16-30)25(34-2)17-20(24)19-28-29-26(31)27(32,21-11-5-3-6-12-21)22-13-7-4-8-14-22/h3-8,11-14,17-19,32H,9-10,15-16H2,1-2H3,(H,29,31)/b28-19-. The Morgan fingerprint density at radius 2 is 1.50 bits per heavy atom. The van der Waals surface area contributed by atoms with Crippen molar-refractivity contribution in [2.24, 2.45) is 5.10 Å². The van der Waals surface area contributed by atoms with Gasteiger partial charge in [-0.3, -0.25) is 4.79 Å². The summed E-state index contributed by atoms with van der Waals surface area (Å²) < 4.78 is 11.2. The molecule has 0 saturated carbocycles. The number of amides is 1. The second kappa shape index (κ2) is 10.4. The number of ether oxygens (including phenoxy) is 2. The van der Waals surface area contributed by atoms with Gasteiger partial charge in [0, 0.05) is 24.7 Å². The molecule has 7 heteroatoms. The van der Waals surface area contributed by atoms with Crippen molar-refractivity contribution >= 4 is 17.8 Å². The van der Waals surface area contributed by atoms with Gasteiger partial charge < -0.3 is 19.5 Å². The van der Waals surface area contributed by atoms with Crippen LogP contribution in [0.25, 0.3) is 0 Å². The lowest BCUT2D eigenvalue weighted by Gasteiger charge is -2.27. The van der Waals surface area contributed by atoms with Crippen LogP contribution in [-0.2, 0) is 10.4 Å². The summed E-state index contributed by atoms with van der Waals surface area (Å²) in [4.78, 5) is 15.5. The molecule has 0 spiro atoms. The lowest BCUT2D eigenvalue weighted by molar-refractivity contribution is -0.136. The van der Waals surface area contributed by atoms with Gasteiger partial charge in [0.05, 0.1) is 26.1 Å². The molecule has 2 N–H and O–H groups in total. The summed E-state index contributed by atoms with van der Waals surface area (Å²) in [6.45, 7) is 1.95. The number of carbonyl (C=O) groups excluding carboxylic acids is 1. The number of hydrogen-bond donors (Lipinski definition) is 2. The van der Waals surface area contributed by atoms with Crippen LogP contribution in [0.15, 0.2) is 77.9 Å². The Morgan fingerprint density at radius 1 is 0.941 bits per heavy atom. The molecule has 1 aliphatic heterocycles. The van der Waals surface area contributed by atoms with Crippen LogP contribution in [0.5, 0.6) is 11.5 Å². The maximum atomic E-state index is 13.2. The molecule has 1 amide bonds. The van der Waals surface area contributed by atoms with Crippen molar-refractivity contribution in [3.8, 4) is 11.5 Å². The Labute approximate surface area is 199 Å². The third kappa shape index (κ3) is 4.61. The third-order valence-corrected chi connectivity index (χ3v) is 6.06. The van der Waals surface area contributed by atoms with Crippen LogP contribution < -0.4 is 19.8 Å². The van der Waals surface area contributed by atoms with Gasteiger partial charge in [0.2, 0.25) is 0 Å². The first kappa shape index (κ1) is 23.3. The maximum Gasteiger partial charge on any atom is 0.281 e. The van der Waals surface area contributed by atoms with E-state index >= 15 is 0 Å². The minimum Gasteiger partial charge on any atom is -0.496 e. The number of nitrogens with one attached hydrogen (secondary N) is 1. The van der Waals surface area contributed by atoms with E-state index in [-0.39, 0.29) is 0 Å². The minimum atomic E-state index is -1.90. The number of benzene rings is 3. The molecular formula is C27H29N3O4. The summed E-state index contributed by atoms with van der Waals surface area (Å²) >= 11 is 0. The smallest absolute Gasteiger partial charge is 0.281 e. The van der Waals surface area contributed by atoms with Gasteiger partial charge in [-0.1, -0.05) is 60.7 Å². The molecule has 0 aliphatic carbocycles. The first-order chi connectivity index (χ1) is 16.6. The van der Waals surface area contributed by atoms with E-state index in [0.717, 1.165) is 31.6 Å². The first-order valence-corrected chi connectivity index (χ1v) is 11.3. The molecule has 0 aromatic heterocycles. The van der Waals surface area contributed by atoms with Gasteiger partial charge in [-0.15, -0.1) is 0 Å². The lowest BCUT2D eigenvalue weighted by Crippen LogP contribution is -2.43. The number of rotatable bonds is 8. The van der Waals surface area contributed by atoms with Gasteiger partial charge in [0.25, 0.3) is 5.91 Å². The van der Waals surface area contributed by atoms with Crippen molar-refractivity contribution < 1.29 is 19.4 Å². The predicted molar refractivity (Wildman–Crippen MR) is 133 cm³/mol. The molecule has 1 heterocycles. The average Bonchev–Trinajstić information content (AvgIpc) is 3.43. The van der Waals surface area contributed by atoms with Crippen LogP contribution in [0.2, 0.25) is 0 Å². The van der Waals surface area contributed by atoms with E-state index in [9.17, 15) is 9.90 Å². The highest BCUT2D eigenvalue weighted by Crippen LogP contribution is 2.36. The Balaban J connectivity index is 1.61. The SMILES string of the molecule is COc1cc(N2CCCC2)c(OC)cc1/C=N\NC(=O)C(O)(c1ccccc1)c1ccccc1. The van der Waals surface area contributed by atoms with Crippen molar-refractivity contribution in [3.63, 3.8) is 0 Å². The highest BCUT2D eigenvalue weighted by atomic mass is 16.5. The minimum absolute atomic E-state index is 0.447. The molecule has 1 fully saturated rings. The number of methoxy groups -OCH3 is 2. The lowest BCUT2D eigenvalue weighted by atomic mass is 9.85. The molecule has 3 aromatic rings. The first-order valence-electron chi connectivity index (χ1n) is 11.3. The van der Waals surface area contributed by atoms with Gasteiger partial charge in [-0.25, -0.2) is 5.43 Å². The Morgan fingerprint density at radius 3 is 2.03 bits per heavy atom. The number of carbonyl (C=O) groups is 1. The van der Waals surface area contributed by atoms with E-state index in [1.165, 1.54) is 6.21 Å². The normalized spacial score (nSPS) is 13.8. The fourth-order valence-corrected chi connectivity index (χ4v) is 4.24. The fourth-order valence-electron chi connectivity index (χ4n) is 4.24. The van der Waals surface area contributed by atoms with Crippen LogP contribution in [0.3, 0.4) is 0 Å². The molecule has 0 unspecified atom stereocenters. The summed E-state index contributed by atoms with van der Waals surface area (Å²) in [5.74, 6) is 0.656. The highest BCUT2D eigenvalue weighted by molar-refractivity contribution is 5.92. The summed E-state index contributed by atoms with van der Waals surface area (Å²) in [5, 5.41) is 15.7. The van der Waals surface area contributed by atoms with Crippen molar-refractivity contribution in [2.45, 2.75) is 18.4 Å². The molecule has 0 bridgehead atoms. The molecular weight excluding hydrogens is 430 g/mol. The molecule has 0 atom stereocenters. The maximum absolute atomic E-state index is 13.2. The highest BCUT2D eigenvalue weighted by Gasteiger charge is 2.39. The number of hydrogen-bond acceptors (Lipinski definition) is 6. The zero-order chi connectivity index (χ0) is 24.0. The summed E-state index contributed by atoms with van der Waals surface area (Å²) in [7, 11) is 3.22. The zero-order valence-electron chi connectivity index (χ0n) is 19.4. The van der Waals surface area contributed by atoms with Gasteiger partial charge in [-0.05, 0) is 30.0 Å². The topological polar surface area (TPSA) is 83.4 Å². The molecule has 1 aliphatic rings. The van der Waals surface area contributed by atoms with Gasteiger partial charge in [-0.2, -0.15) is 5.10 Å². The molecule has 0 radical (unpaired) electrons. The molecule has 3 aromatic carbocycles. The van der Waals surface area contributed by atoms with Crippen LogP contribution in [0.1, 0.15) is 29.5 Å². The number of hydrazone groups is 1. The summed E-state index contributed by atoms with van der Waals surface area (Å²) in [6.07, 6.45) is 3.78. The zero-order valence-corrected chi connectivity index (χ0v) is 19.4. The number of nitrogens with zero attached hydrogens (tertiary/aromatic N) is 2. The predicted octanol–water partition coefficient (Wildman–Crippen LogP) is 3.69. The Kier molecular flexibility index (Phi) is 7.13. The van der Waals surface area contributed by atoms with Gasteiger partial charge >= 0.3 is 0 Å². The second-order valence-electron chi connectivity index (χ2n) is 8.10. The van der Waals surface area contributed by atoms with Crippen LogP contribution in [-0.4, -0.2) is 44.5 Å². The largest absolute Gasteiger partial charge is 0.496 e. The van der Waals surface area contributed by atoms with E-state index < -0.39 is 11.5 Å². The molecule has 1 saturated heterocycles. The van der Waals surface area contributed by atoms with E-state index in [4.69, 9.17) is 9.47 Å².